The van der Waals surface area contributed by atoms with Gasteiger partial charge in [-0.3, -0.25) is 10.1 Å². The highest BCUT2D eigenvalue weighted by atomic mass is 79.9. The number of hydrogen-bond acceptors (Lipinski definition) is 3. The number of non-ortho nitro benzene ring substituents is 1. The average molecular weight is 455 g/mol. The second-order valence-electron chi connectivity index (χ2n) is 5.08. The molecule has 0 N–H and O–H groups in total. The number of unbranched alkanes of at least 4 members (excludes halogenated alkanes) is 1. The van der Waals surface area contributed by atoms with Gasteiger partial charge >= 0.3 is 0 Å². The van der Waals surface area contributed by atoms with E-state index < -0.39 is 4.92 Å². The second-order valence-corrected chi connectivity index (χ2v) is 6.73. The molecule has 6 heteroatoms. The number of alkyl halides is 1. The normalized spacial score (nSPS) is 10.9. The molecule has 0 amide bonds. The van der Waals surface area contributed by atoms with Crippen molar-refractivity contribution >= 4 is 49.7 Å². The van der Waals surface area contributed by atoms with E-state index in [9.17, 15) is 10.1 Å². The molecule has 0 bridgehead atoms. The van der Waals surface area contributed by atoms with E-state index in [2.05, 4.69) is 31.9 Å². The molecule has 0 aliphatic carbocycles. The van der Waals surface area contributed by atoms with Crippen molar-refractivity contribution in [1.29, 1.82) is 0 Å². The number of nitro benzene ring substituents is 1. The first-order valence-electron chi connectivity index (χ1n) is 7.51. The molecule has 0 spiro atoms. The summed E-state index contributed by atoms with van der Waals surface area (Å²) in [6, 6.07) is 12.5. The quantitative estimate of drug-likeness (QED) is 0.159. The lowest BCUT2D eigenvalue weighted by molar-refractivity contribution is -0.384. The minimum atomic E-state index is -0.398. The molecular weight excluding hydrogens is 438 g/mol. The van der Waals surface area contributed by atoms with E-state index in [0.717, 1.165) is 28.2 Å². The Balaban J connectivity index is 2.25. The molecule has 0 unspecified atom stereocenters. The van der Waals surface area contributed by atoms with E-state index in [-0.39, 0.29) is 5.69 Å². The number of ether oxygens (including phenoxy) is 1. The summed E-state index contributed by atoms with van der Waals surface area (Å²) in [4.78, 5) is 10.6. The van der Waals surface area contributed by atoms with Gasteiger partial charge in [-0.05, 0) is 30.5 Å². The van der Waals surface area contributed by atoms with Crippen LogP contribution in [-0.4, -0.2) is 16.9 Å². The largest absolute Gasteiger partial charge is 0.493 e. The summed E-state index contributed by atoms with van der Waals surface area (Å²) in [6.45, 7) is 0.583. The number of nitrogens with zero attached hydrogens (tertiary/aromatic N) is 1. The fourth-order valence-electron chi connectivity index (χ4n) is 2.08. The van der Waals surface area contributed by atoms with Gasteiger partial charge in [0.2, 0.25) is 0 Å². The minimum Gasteiger partial charge on any atom is -0.493 e. The predicted molar refractivity (Wildman–Crippen MR) is 105 cm³/mol. The summed E-state index contributed by atoms with van der Waals surface area (Å²) >= 11 is 6.88. The summed E-state index contributed by atoms with van der Waals surface area (Å²) in [7, 11) is 0. The van der Waals surface area contributed by atoms with Crippen LogP contribution >= 0.6 is 31.9 Å². The van der Waals surface area contributed by atoms with Gasteiger partial charge in [-0.2, -0.15) is 0 Å². The topological polar surface area (TPSA) is 52.4 Å². The van der Waals surface area contributed by atoms with Crippen molar-refractivity contribution in [3.05, 3.63) is 68.2 Å². The standard InChI is InChI=1S/C18H17Br2NO3/c19-11-3-4-12-24-18-10-9-16(21(22)23)13-15(18)8-7-14-5-1-2-6-17(14)20/h1-2,5-10,13H,3-4,11-12H2. The summed E-state index contributed by atoms with van der Waals surface area (Å²) < 4.78 is 6.75. The van der Waals surface area contributed by atoms with Crippen LogP contribution in [0.3, 0.4) is 0 Å². The number of rotatable bonds is 8. The van der Waals surface area contributed by atoms with Crippen LogP contribution in [0.25, 0.3) is 12.2 Å². The smallest absolute Gasteiger partial charge is 0.270 e. The van der Waals surface area contributed by atoms with Crippen LogP contribution in [0, 0.1) is 10.1 Å². The molecule has 0 atom stereocenters. The Morgan fingerprint density at radius 1 is 1.08 bits per heavy atom. The molecule has 24 heavy (non-hydrogen) atoms. The molecule has 0 radical (unpaired) electrons. The number of hydrogen-bond donors (Lipinski definition) is 0. The van der Waals surface area contributed by atoms with Gasteiger partial charge in [0.25, 0.3) is 5.69 Å². The summed E-state index contributed by atoms with van der Waals surface area (Å²) in [6.07, 6.45) is 5.70. The first-order valence-corrected chi connectivity index (χ1v) is 9.43. The van der Waals surface area contributed by atoms with Crippen molar-refractivity contribution in [2.45, 2.75) is 12.8 Å². The van der Waals surface area contributed by atoms with E-state index in [1.54, 1.807) is 6.07 Å². The zero-order chi connectivity index (χ0) is 17.4. The Morgan fingerprint density at radius 2 is 1.83 bits per heavy atom. The maximum absolute atomic E-state index is 11.0. The van der Waals surface area contributed by atoms with Crippen molar-refractivity contribution < 1.29 is 9.66 Å². The molecule has 4 nitrogen and oxygen atoms in total. The van der Waals surface area contributed by atoms with Crippen LogP contribution in [-0.2, 0) is 0 Å². The Hall–Kier alpha value is -1.66. The van der Waals surface area contributed by atoms with Gasteiger partial charge < -0.3 is 4.74 Å². The van der Waals surface area contributed by atoms with E-state index in [4.69, 9.17) is 4.74 Å². The van der Waals surface area contributed by atoms with E-state index >= 15 is 0 Å². The van der Waals surface area contributed by atoms with Crippen LogP contribution < -0.4 is 4.74 Å². The number of benzene rings is 2. The Bertz CT molecular complexity index is 732. The highest BCUT2D eigenvalue weighted by Gasteiger charge is 2.10. The van der Waals surface area contributed by atoms with Crippen LogP contribution in [0.5, 0.6) is 5.75 Å². The highest BCUT2D eigenvalue weighted by Crippen LogP contribution is 2.27. The molecule has 0 aliphatic heterocycles. The first kappa shape index (κ1) is 18.7. The van der Waals surface area contributed by atoms with Gasteiger partial charge in [0.1, 0.15) is 5.75 Å². The number of nitro groups is 1. The SMILES string of the molecule is O=[N+]([O-])c1ccc(OCCCCBr)c(C=Cc2ccccc2Br)c1. The maximum atomic E-state index is 11.0. The van der Waals surface area contributed by atoms with Crippen LogP contribution in [0.2, 0.25) is 0 Å². The van der Waals surface area contributed by atoms with Crippen LogP contribution in [0.4, 0.5) is 5.69 Å². The third-order valence-corrected chi connectivity index (χ3v) is 4.62. The van der Waals surface area contributed by atoms with Crippen LogP contribution in [0.15, 0.2) is 46.9 Å². The van der Waals surface area contributed by atoms with Gasteiger partial charge in [0.05, 0.1) is 11.5 Å². The fraction of sp³-hybridized carbons (Fsp3) is 0.222. The lowest BCUT2D eigenvalue weighted by atomic mass is 10.1. The average Bonchev–Trinajstić information content (AvgIpc) is 2.58. The lowest BCUT2D eigenvalue weighted by Crippen LogP contribution is -2.00. The molecule has 2 aromatic rings. The molecule has 0 saturated carbocycles. The second kappa shape index (κ2) is 9.59. The maximum Gasteiger partial charge on any atom is 0.270 e. The van der Waals surface area contributed by atoms with Crippen molar-refractivity contribution in [2.75, 3.05) is 11.9 Å². The first-order chi connectivity index (χ1) is 11.6. The molecule has 2 rings (SSSR count). The van der Waals surface area contributed by atoms with Crippen LogP contribution in [0.1, 0.15) is 24.0 Å². The molecule has 0 aromatic heterocycles. The Labute approximate surface area is 157 Å². The molecule has 0 saturated heterocycles. The van der Waals surface area contributed by atoms with Crippen molar-refractivity contribution in [3.8, 4) is 5.75 Å². The van der Waals surface area contributed by atoms with Gasteiger partial charge in [-0.25, -0.2) is 0 Å². The summed E-state index contributed by atoms with van der Waals surface area (Å²) in [5.41, 5.74) is 1.74. The van der Waals surface area contributed by atoms with E-state index in [1.165, 1.54) is 12.1 Å². The van der Waals surface area contributed by atoms with Gasteiger partial charge in [-0.15, -0.1) is 0 Å². The third kappa shape index (κ3) is 5.46. The van der Waals surface area contributed by atoms with Crippen molar-refractivity contribution in [2.24, 2.45) is 0 Å². The molecule has 0 heterocycles. The zero-order valence-electron chi connectivity index (χ0n) is 13.0. The van der Waals surface area contributed by atoms with Gasteiger partial charge in [-0.1, -0.05) is 62.2 Å². The fourth-order valence-corrected chi connectivity index (χ4v) is 2.89. The molecule has 126 valence electrons. The molecule has 2 aromatic carbocycles. The van der Waals surface area contributed by atoms with E-state index in [0.29, 0.717) is 17.9 Å². The van der Waals surface area contributed by atoms with E-state index in [1.807, 2.05) is 36.4 Å². The zero-order valence-corrected chi connectivity index (χ0v) is 16.1. The summed E-state index contributed by atoms with van der Waals surface area (Å²) in [5, 5.41) is 12.0. The Morgan fingerprint density at radius 3 is 2.54 bits per heavy atom. The molecular formula is C18H17Br2NO3. The highest BCUT2D eigenvalue weighted by molar-refractivity contribution is 9.10. The predicted octanol–water partition coefficient (Wildman–Crippen LogP) is 6.08. The lowest BCUT2D eigenvalue weighted by Gasteiger charge is -2.09. The van der Waals surface area contributed by atoms with Gasteiger partial charge in [0, 0.05) is 27.5 Å². The molecule has 0 aliphatic rings. The summed E-state index contributed by atoms with van der Waals surface area (Å²) in [5.74, 6) is 0.651. The Kier molecular flexibility index (Phi) is 7.46. The monoisotopic (exact) mass is 453 g/mol. The van der Waals surface area contributed by atoms with Gasteiger partial charge in [0.15, 0.2) is 0 Å². The number of halogens is 2. The minimum absolute atomic E-state index is 0.0505. The van der Waals surface area contributed by atoms with Crippen molar-refractivity contribution in [3.63, 3.8) is 0 Å². The van der Waals surface area contributed by atoms with Crippen molar-refractivity contribution in [1.82, 2.24) is 0 Å². The molecule has 0 fully saturated rings. The third-order valence-electron chi connectivity index (χ3n) is 3.34.